The lowest BCUT2D eigenvalue weighted by Gasteiger charge is -2.36. The van der Waals surface area contributed by atoms with E-state index in [0.717, 1.165) is 25.7 Å². The van der Waals surface area contributed by atoms with Crippen LogP contribution in [0.15, 0.2) is 29.2 Å². The smallest absolute Gasteiger partial charge is 0.242 e. The van der Waals surface area contributed by atoms with E-state index < -0.39 is 10.0 Å². The van der Waals surface area contributed by atoms with Gasteiger partial charge in [0.15, 0.2) is 0 Å². The molecule has 25 heavy (non-hydrogen) atoms. The maximum Gasteiger partial charge on any atom is 0.242 e. The van der Waals surface area contributed by atoms with Crippen molar-refractivity contribution < 1.29 is 13.2 Å². The first-order chi connectivity index (χ1) is 11.5. The predicted molar refractivity (Wildman–Crippen MR) is 101 cm³/mol. The third-order valence-corrected chi connectivity index (χ3v) is 7.05. The highest BCUT2D eigenvalue weighted by Gasteiger charge is 2.32. The number of amides is 1. The van der Waals surface area contributed by atoms with E-state index in [9.17, 15) is 13.2 Å². The summed E-state index contributed by atoms with van der Waals surface area (Å²) < 4.78 is 25.3. The number of hydrogen-bond acceptors (Lipinski definition) is 3. The first kappa shape index (κ1) is 19.9. The Morgan fingerprint density at radius 3 is 2.00 bits per heavy atom. The average molecular weight is 367 g/mol. The normalized spacial score (nSPS) is 22.0. The molecule has 140 valence electrons. The Kier molecular flexibility index (Phi) is 5.94. The van der Waals surface area contributed by atoms with E-state index in [1.807, 2.05) is 0 Å². The Morgan fingerprint density at radius 1 is 1.04 bits per heavy atom. The molecule has 0 bridgehead atoms. The van der Waals surface area contributed by atoms with E-state index in [-0.39, 0.29) is 16.7 Å². The van der Waals surface area contributed by atoms with Crippen LogP contribution in [0.5, 0.6) is 0 Å². The number of hydrogen-bond donors (Lipinski definition) is 1. The van der Waals surface area contributed by atoms with Gasteiger partial charge >= 0.3 is 0 Å². The zero-order valence-electron chi connectivity index (χ0n) is 15.9. The highest BCUT2D eigenvalue weighted by atomic mass is 32.2. The molecule has 0 spiro atoms. The van der Waals surface area contributed by atoms with E-state index in [1.54, 1.807) is 12.1 Å². The van der Waals surface area contributed by atoms with Crippen molar-refractivity contribution in [3.05, 3.63) is 24.3 Å². The molecule has 1 amide bonds. The largest absolute Gasteiger partial charge is 0.326 e. The van der Waals surface area contributed by atoms with Gasteiger partial charge in [0.25, 0.3) is 0 Å². The molecule has 0 saturated heterocycles. The first-order valence-corrected chi connectivity index (χ1v) is 10.3. The van der Waals surface area contributed by atoms with Gasteiger partial charge in [0.1, 0.15) is 0 Å². The first-order valence-electron chi connectivity index (χ1n) is 8.85. The van der Waals surface area contributed by atoms with Gasteiger partial charge in [0, 0.05) is 25.7 Å². The summed E-state index contributed by atoms with van der Waals surface area (Å²) >= 11 is 0. The van der Waals surface area contributed by atoms with Gasteiger partial charge < -0.3 is 5.32 Å². The second-order valence-electron chi connectivity index (χ2n) is 8.22. The maximum absolute atomic E-state index is 12.5. The number of rotatable bonds is 4. The van der Waals surface area contributed by atoms with Gasteiger partial charge in [-0.1, -0.05) is 20.8 Å². The van der Waals surface area contributed by atoms with Crippen LogP contribution in [0.3, 0.4) is 0 Å². The van der Waals surface area contributed by atoms with Crippen molar-refractivity contribution in [3.63, 3.8) is 0 Å². The molecule has 0 aromatic heterocycles. The molecule has 0 atom stereocenters. The Balaban J connectivity index is 1.96. The SMILES string of the molecule is CN(C)S(=O)(=O)c1ccc(NC(=O)C2CCC(C(C)(C)C)CC2)cc1. The molecule has 5 nitrogen and oxygen atoms in total. The number of nitrogens with zero attached hydrogens (tertiary/aromatic N) is 1. The number of nitrogens with one attached hydrogen (secondary N) is 1. The molecule has 2 rings (SSSR count). The molecule has 1 aromatic rings. The Bertz CT molecular complexity index is 695. The number of anilines is 1. The lowest BCUT2D eigenvalue weighted by atomic mass is 9.69. The Labute approximate surface area is 151 Å². The third-order valence-electron chi connectivity index (χ3n) is 5.22. The summed E-state index contributed by atoms with van der Waals surface area (Å²) in [6.45, 7) is 6.80. The van der Waals surface area contributed by atoms with Crippen molar-refractivity contribution in [2.45, 2.75) is 51.3 Å². The topological polar surface area (TPSA) is 66.5 Å². The third kappa shape index (κ3) is 4.82. The fraction of sp³-hybridized carbons (Fsp3) is 0.632. The van der Waals surface area contributed by atoms with Crippen LogP contribution in [0.4, 0.5) is 5.69 Å². The summed E-state index contributed by atoms with van der Waals surface area (Å²) in [5, 5.41) is 2.93. The Morgan fingerprint density at radius 2 is 1.56 bits per heavy atom. The summed E-state index contributed by atoms with van der Waals surface area (Å²) in [6.07, 6.45) is 4.00. The zero-order chi connectivity index (χ0) is 18.8. The molecule has 1 N–H and O–H groups in total. The highest BCUT2D eigenvalue weighted by Crippen LogP contribution is 2.40. The lowest BCUT2D eigenvalue weighted by Crippen LogP contribution is -2.31. The van der Waals surface area contributed by atoms with Gasteiger partial charge in [-0.05, 0) is 61.3 Å². The van der Waals surface area contributed by atoms with E-state index in [4.69, 9.17) is 0 Å². The van der Waals surface area contributed by atoms with Crippen molar-refractivity contribution in [2.24, 2.45) is 17.3 Å². The van der Waals surface area contributed by atoms with Crippen molar-refractivity contribution in [3.8, 4) is 0 Å². The average Bonchev–Trinajstić information content (AvgIpc) is 2.54. The van der Waals surface area contributed by atoms with Crippen LogP contribution in [0.1, 0.15) is 46.5 Å². The van der Waals surface area contributed by atoms with Crippen LogP contribution < -0.4 is 5.32 Å². The second-order valence-corrected chi connectivity index (χ2v) is 10.4. The fourth-order valence-electron chi connectivity index (χ4n) is 3.39. The van der Waals surface area contributed by atoms with Crippen molar-refractivity contribution in [1.29, 1.82) is 0 Å². The minimum absolute atomic E-state index is 0.0376. The van der Waals surface area contributed by atoms with Crippen molar-refractivity contribution >= 4 is 21.6 Å². The minimum atomic E-state index is -3.44. The van der Waals surface area contributed by atoms with Crippen molar-refractivity contribution in [1.82, 2.24) is 4.31 Å². The van der Waals surface area contributed by atoms with Gasteiger partial charge in [0.05, 0.1) is 4.90 Å². The standard InChI is InChI=1S/C19H30N2O3S/c1-19(2,3)15-8-6-14(7-9-15)18(22)20-16-10-12-17(13-11-16)25(23,24)21(4)5/h10-15H,6-9H2,1-5H3,(H,20,22). The molecule has 0 unspecified atom stereocenters. The summed E-state index contributed by atoms with van der Waals surface area (Å²) in [7, 11) is -0.444. The zero-order valence-corrected chi connectivity index (χ0v) is 16.7. The van der Waals surface area contributed by atoms with Crippen LogP contribution in [0.2, 0.25) is 0 Å². The summed E-state index contributed by atoms with van der Waals surface area (Å²) in [5.41, 5.74) is 0.940. The quantitative estimate of drug-likeness (QED) is 0.883. The van der Waals surface area contributed by atoms with E-state index >= 15 is 0 Å². The summed E-state index contributed by atoms with van der Waals surface area (Å²) in [4.78, 5) is 12.7. The summed E-state index contributed by atoms with van der Waals surface area (Å²) in [6, 6.07) is 6.35. The second kappa shape index (κ2) is 7.46. The summed E-state index contributed by atoms with van der Waals surface area (Å²) in [5.74, 6) is 0.756. The molecule has 0 heterocycles. The van der Waals surface area contributed by atoms with Gasteiger partial charge in [-0.15, -0.1) is 0 Å². The monoisotopic (exact) mass is 366 g/mol. The van der Waals surface area contributed by atoms with Crippen LogP contribution in [-0.2, 0) is 14.8 Å². The molecule has 1 fully saturated rings. The molecule has 1 aliphatic carbocycles. The molecular weight excluding hydrogens is 336 g/mol. The van der Waals surface area contributed by atoms with Crippen LogP contribution in [0.25, 0.3) is 0 Å². The van der Waals surface area contributed by atoms with Crippen LogP contribution >= 0.6 is 0 Å². The molecule has 0 aliphatic heterocycles. The number of sulfonamides is 1. The molecule has 6 heteroatoms. The molecule has 1 saturated carbocycles. The Hall–Kier alpha value is -1.40. The van der Waals surface area contributed by atoms with Gasteiger partial charge in [-0.25, -0.2) is 12.7 Å². The number of benzene rings is 1. The van der Waals surface area contributed by atoms with E-state index in [2.05, 4.69) is 26.1 Å². The molecule has 1 aliphatic rings. The van der Waals surface area contributed by atoms with Gasteiger partial charge in [-0.3, -0.25) is 4.79 Å². The molecule has 1 aromatic carbocycles. The lowest BCUT2D eigenvalue weighted by molar-refractivity contribution is -0.121. The molecule has 0 radical (unpaired) electrons. The fourth-order valence-corrected chi connectivity index (χ4v) is 4.29. The van der Waals surface area contributed by atoms with Crippen LogP contribution in [0, 0.1) is 17.3 Å². The van der Waals surface area contributed by atoms with Crippen molar-refractivity contribution in [2.75, 3.05) is 19.4 Å². The number of carbonyl (C=O) groups excluding carboxylic acids is 1. The van der Waals surface area contributed by atoms with E-state index in [0.29, 0.717) is 17.0 Å². The van der Waals surface area contributed by atoms with Gasteiger partial charge in [0.2, 0.25) is 15.9 Å². The molecular formula is C19H30N2O3S. The van der Waals surface area contributed by atoms with Crippen LogP contribution in [-0.4, -0.2) is 32.7 Å². The number of carbonyl (C=O) groups is 1. The predicted octanol–water partition coefficient (Wildman–Crippen LogP) is 3.73. The van der Waals surface area contributed by atoms with Gasteiger partial charge in [-0.2, -0.15) is 0 Å². The van der Waals surface area contributed by atoms with E-state index in [1.165, 1.54) is 30.5 Å². The highest BCUT2D eigenvalue weighted by molar-refractivity contribution is 7.89. The maximum atomic E-state index is 12.5. The minimum Gasteiger partial charge on any atom is -0.326 e.